The highest BCUT2D eigenvalue weighted by atomic mass is 19.1. The lowest BCUT2D eigenvalue weighted by Gasteiger charge is -2.46. The van der Waals surface area contributed by atoms with E-state index >= 15 is 0 Å². The van der Waals surface area contributed by atoms with E-state index in [1.807, 2.05) is 0 Å². The predicted octanol–water partition coefficient (Wildman–Crippen LogP) is 1.44. The highest BCUT2D eigenvalue weighted by molar-refractivity contribution is 6.01. The molecule has 1 aliphatic heterocycles. The molecule has 0 aliphatic carbocycles. The first-order valence-corrected chi connectivity index (χ1v) is 6.30. The van der Waals surface area contributed by atoms with Gasteiger partial charge >= 0.3 is 0 Å². The van der Waals surface area contributed by atoms with Crippen LogP contribution >= 0.6 is 0 Å². The fourth-order valence-corrected chi connectivity index (χ4v) is 2.49. The predicted molar refractivity (Wildman–Crippen MR) is 76.3 cm³/mol. The lowest BCUT2D eigenvalue weighted by Crippen LogP contribution is -2.58. The Morgan fingerprint density at radius 3 is 2.45 bits per heavy atom. The summed E-state index contributed by atoms with van der Waals surface area (Å²) in [5.74, 6) is -0.600. The second kappa shape index (κ2) is 4.19. The monoisotopic (exact) mass is 278 g/mol. The Morgan fingerprint density at radius 2 is 1.85 bits per heavy atom. The van der Waals surface area contributed by atoms with Crippen LogP contribution in [0.25, 0.3) is 0 Å². The molecule has 0 spiro atoms. The minimum atomic E-state index is -1.11. The minimum Gasteiger partial charge on any atom is -0.399 e. The Bertz CT molecular complexity index is 611. The maximum atomic E-state index is 14.2. The molecule has 5 nitrogen and oxygen atoms in total. The second-order valence-electron chi connectivity index (χ2n) is 5.77. The molecule has 1 unspecified atom stereocenters. The van der Waals surface area contributed by atoms with Gasteiger partial charge in [-0.1, -0.05) is 0 Å². The number of anilines is 1. The Kier molecular flexibility index (Phi) is 3.00. The van der Waals surface area contributed by atoms with Crippen molar-refractivity contribution in [3.63, 3.8) is 0 Å². The Labute approximate surface area is 117 Å². The first-order chi connectivity index (χ1) is 9.11. The van der Waals surface area contributed by atoms with Crippen LogP contribution in [0.5, 0.6) is 0 Å². The molecule has 6 heteroatoms. The van der Waals surface area contributed by atoms with Gasteiger partial charge in [-0.25, -0.2) is 9.38 Å². The molecule has 1 aromatic rings. The van der Waals surface area contributed by atoms with Gasteiger partial charge in [0.25, 0.3) is 0 Å². The Hall–Kier alpha value is -2.11. The van der Waals surface area contributed by atoms with Crippen molar-refractivity contribution in [2.75, 3.05) is 12.8 Å². The van der Waals surface area contributed by atoms with Gasteiger partial charge < -0.3 is 11.5 Å². The molecular weight excluding hydrogens is 259 g/mol. The average Bonchev–Trinajstić information content (AvgIpc) is 2.37. The molecule has 20 heavy (non-hydrogen) atoms. The number of hydrogen-bond donors (Lipinski definition) is 2. The van der Waals surface area contributed by atoms with E-state index in [4.69, 9.17) is 11.5 Å². The third kappa shape index (κ3) is 1.75. The molecule has 1 heterocycles. The summed E-state index contributed by atoms with van der Waals surface area (Å²) in [4.78, 5) is 18.1. The maximum absolute atomic E-state index is 14.2. The topological polar surface area (TPSA) is 84.7 Å². The lowest BCUT2D eigenvalue weighted by molar-refractivity contribution is -0.140. The molecule has 0 aromatic heterocycles. The fourth-order valence-electron chi connectivity index (χ4n) is 2.49. The van der Waals surface area contributed by atoms with Crippen LogP contribution in [0, 0.1) is 11.2 Å². The third-order valence-corrected chi connectivity index (χ3v) is 4.25. The molecule has 108 valence electrons. The van der Waals surface area contributed by atoms with E-state index in [2.05, 4.69) is 4.99 Å². The van der Waals surface area contributed by atoms with Crippen molar-refractivity contribution in [3.8, 4) is 0 Å². The van der Waals surface area contributed by atoms with Crippen molar-refractivity contribution in [1.82, 2.24) is 4.90 Å². The number of halogens is 1. The van der Waals surface area contributed by atoms with E-state index in [1.165, 1.54) is 23.1 Å². The average molecular weight is 278 g/mol. The molecule has 1 aromatic carbocycles. The van der Waals surface area contributed by atoms with Crippen LogP contribution in [0.1, 0.15) is 26.3 Å². The summed E-state index contributed by atoms with van der Waals surface area (Å²) in [5, 5.41) is 0. The zero-order valence-electron chi connectivity index (χ0n) is 12.1. The molecule has 0 fully saturated rings. The number of nitrogens with two attached hydrogens (primary N) is 2. The summed E-state index contributed by atoms with van der Waals surface area (Å²) in [7, 11) is 1.55. The van der Waals surface area contributed by atoms with Gasteiger partial charge in [0.2, 0.25) is 5.91 Å². The highest BCUT2D eigenvalue weighted by Crippen LogP contribution is 2.47. The molecule has 2 rings (SSSR count). The van der Waals surface area contributed by atoms with Gasteiger partial charge in [0.15, 0.2) is 5.96 Å². The van der Waals surface area contributed by atoms with Crippen LogP contribution in [-0.4, -0.2) is 23.8 Å². The van der Waals surface area contributed by atoms with E-state index in [0.717, 1.165) is 0 Å². The van der Waals surface area contributed by atoms with Crippen molar-refractivity contribution in [2.45, 2.75) is 26.3 Å². The van der Waals surface area contributed by atoms with Crippen molar-refractivity contribution in [2.24, 2.45) is 16.1 Å². The number of guanidine groups is 1. The molecule has 0 radical (unpaired) electrons. The highest BCUT2D eigenvalue weighted by Gasteiger charge is 2.53. The van der Waals surface area contributed by atoms with Gasteiger partial charge in [0, 0.05) is 18.3 Å². The van der Waals surface area contributed by atoms with Crippen molar-refractivity contribution in [3.05, 3.63) is 29.6 Å². The lowest BCUT2D eigenvalue weighted by atomic mass is 9.67. The van der Waals surface area contributed by atoms with Crippen molar-refractivity contribution >= 4 is 17.6 Å². The van der Waals surface area contributed by atoms with Gasteiger partial charge in [-0.3, -0.25) is 9.69 Å². The van der Waals surface area contributed by atoms with E-state index in [-0.39, 0.29) is 17.4 Å². The summed E-state index contributed by atoms with van der Waals surface area (Å²) < 4.78 is 14.2. The van der Waals surface area contributed by atoms with Crippen LogP contribution in [0.4, 0.5) is 10.1 Å². The summed E-state index contributed by atoms with van der Waals surface area (Å²) in [6.45, 7) is 5.15. The number of amides is 1. The van der Waals surface area contributed by atoms with Gasteiger partial charge in [-0.05, 0) is 39.0 Å². The zero-order valence-corrected chi connectivity index (χ0v) is 12.1. The van der Waals surface area contributed by atoms with E-state index < -0.39 is 16.8 Å². The SMILES string of the molecule is CN1C(=O)C(C)(C)C(C)(c2cc(N)ccc2F)N=C1N. The number of hydrogen-bond acceptors (Lipinski definition) is 4. The number of rotatable bonds is 1. The van der Waals surface area contributed by atoms with Gasteiger partial charge in [0.1, 0.15) is 11.4 Å². The first kappa shape index (κ1) is 14.3. The Balaban J connectivity index is 2.74. The number of carbonyl (C=O) groups is 1. The molecule has 0 bridgehead atoms. The third-order valence-electron chi connectivity index (χ3n) is 4.25. The largest absolute Gasteiger partial charge is 0.399 e. The van der Waals surface area contributed by atoms with E-state index in [9.17, 15) is 9.18 Å². The number of carbonyl (C=O) groups excluding carboxylic acids is 1. The summed E-state index contributed by atoms with van der Waals surface area (Å²) >= 11 is 0. The van der Waals surface area contributed by atoms with Crippen LogP contribution in [0.2, 0.25) is 0 Å². The molecule has 1 amide bonds. The molecule has 1 aliphatic rings. The van der Waals surface area contributed by atoms with Crippen molar-refractivity contribution in [1.29, 1.82) is 0 Å². The summed E-state index contributed by atoms with van der Waals surface area (Å²) in [5.41, 5.74) is 10.2. The molecule has 4 N–H and O–H groups in total. The van der Waals surface area contributed by atoms with Crippen molar-refractivity contribution < 1.29 is 9.18 Å². The van der Waals surface area contributed by atoms with E-state index in [1.54, 1.807) is 27.8 Å². The molecule has 1 atom stereocenters. The quantitative estimate of drug-likeness (QED) is 0.762. The standard InChI is InChI=1S/C14H19FN4O/c1-13(2)11(20)19(4)12(17)18-14(13,3)9-7-8(16)5-6-10(9)15/h5-7H,16H2,1-4H3,(H2,17,18). The number of nitrogen functional groups attached to an aromatic ring is 1. The molecule has 0 saturated heterocycles. The number of aliphatic imine (C=N–C) groups is 1. The summed E-state index contributed by atoms with van der Waals surface area (Å²) in [6.07, 6.45) is 0. The first-order valence-electron chi connectivity index (χ1n) is 6.30. The maximum Gasteiger partial charge on any atom is 0.237 e. The molecular formula is C14H19FN4O. The summed E-state index contributed by atoms with van der Waals surface area (Å²) in [6, 6.07) is 4.26. The van der Waals surface area contributed by atoms with Crippen LogP contribution in [0.15, 0.2) is 23.2 Å². The zero-order chi connectivity index (χ0) is 15.3. The van der Waals surface area contributed by atoms with Crippen LogP contribution < -0.4 is 11.5 Å². The Morgan fingerprint density at radius 1 is 1.25 bits per heavy atom. The minimum absolute atomic E-state index is 0.0682. The smallest absolute Gasteiger partial charge is 0.237 e. The van der Waals surface area contributed by atoms with E-state index in [0.29, 0.717) is 5.69 Å². The van der Waals surface area contributed by atoms with Crippen LogP contribution in [0.3, 0.4) is 0 Å². The normalized spacial score (nSPS) is 25.6. The number of benzene rings is 1. The van der Waals surface area contributed by atoms with Gasteiger partial charge in [-0.15, -0.1) is 0 Å². The second-order valence-corrected chi connectivity index (χ2v) is 5.77. The molecule has 0 saturated carbocycles. The van der Waals surface area contributed by atoms with Gasteiger partial charge in [0.05, 0.1) is 5.41 Å². The van der Waals surface area contributed by atoms with Gasteiger partial charge in [-0.2, -0.15) is 0 Å². The fraction of sp³-hybridized carbons (Fsp3) is 0.429. The number of nitrogens with zero attached hydrogens (tertiary/aromatic N) is 2. The van der Waals surface area contributed by atoms with Crippen LogP contribution in [-0.2, 0) is 10.3 Å².